The zero-order valence-electron chi connectivity index (χ0n) is 15.3. The molecule has 2 aliphatic heterocycles. The molecule has 2 saturated heterocycles. The first-order valence-electron chi connectivity index (χ1n) is 9.51. The molecule has 3 fully saturated rings. The van der Waals surface area contributed by atoms with Crippen LogP contribution in [0.5, 0.6) is 0 Å². The van der Waals surface area contributed by atoms with E-state index in [0.717, 1.165) is 38.2 Å². The molecule has 3 N–H and O–H groups in total. The van der Waals surface area contributed by atoms with Crippen LogP contribution in [0.25, 0.3) is 0 Å². The van der Waals surface area contributed by atoms with Gasteiger partial charge < -0.3 is 20.7 Å². The smallest absolute Gasteiger partial charge is 0.245 e. The van der Waals surface area contributed by atoms with E-state index in [0.29, 0.717) is 0 Å². The zero-order chi connectivity index (χ0) is 17.7. The van der Waals surface area contributed by atoms with E-state index in [9.17, 15) is 4.79 Å². The molecule has 5 nitrogen and oxygen atoms in total. The van der Waals surface area contributed by atoms with Crippen molar-refractivity contribution in [2.75, 3.05) is 29.9 Å². The largest absolute Gasteiger partial charge is 0.377 e. The number of carbonyl (C=O) groups excluding carboxylic acids is 1. The lowest BCUT2D eigenvalue weighted by atomic mass is 9.46. The summed E-state index contributed by atoms with van der Waals surface area (Å²) in [6.07, 6.45) is 4.51. The number of fused-ring (bicyclic) bond motifs is 1. The number of ether oxygens (including phenoxy) is 1. The van der Waals surface area contributed by atoms with Gasteiger partial charge in [-0.05, 0) is 43.9 Å². The van der Waals surface area contributed by atoms with Gasteiger partial charge in [-0.1, -0.05) is 19.9 Å². The van der Waals surface area contributed by atoms with E-state index < -0.39 is 5.54 Å². The molecule has 0 radical (unpaired) electrons. The fourth-order valence-corrected chi connectivity index (χ4v) is 5.03. The third kappa shape index (κ3) is 2.48. The summed E-state index contributed by atoms with van der Waals surface area (Å²) in [7, 11) is 0. The van der Waals surface area contributed by atoms with Crippen LogP contribution >= 0.6 is 0 Å². The molecule has 1 aromatic carbocycles. The predicted molar refractivity (Wildman–Crippen MR) is 99.7 cm³/mol. The third-order valence-electron chi connectivity index (χ3n) is 6.64. The van der Waals surface area contributed by atoms with Gasteiger partial charge >= 0.3 is 0 Å². The number of nitrogens with zero attached hydrogens (tertiary/aromatic N) is 1. The lowest BCUT2D eigenvalue weighted by Gasteiger charge is -2.65. The second-order valence-electron chi connectivity index (χ2n) is 8.33. The summed E-state index contributed by atoms with van der Waals surface area (Å²) < 4.78 is 5.91. The average Bonchev–Trinajstić information content (AvgIpc) is 3.16. The van der Waals surface area contributed by atoms with Crippen LogP contribution in [0.1, 0.15) is 39.5 Å². The maximum Gasteiger partial charge on any atom is 0.245 e. The quantitative estimate of drug-likeness (QED) is 0.885. The van der Waals surface area contributed by atoms with Gasteiger partial charge in [0.25, 0.3) is 0 Å². The van der Waals surface area contributed by atoms with Crippen molar-refractivity contribution in [1.29, 1.82) is 0 Å². The van der Waals surface area contributed by atoms with Crippen molar-refractivity contribution < 1.29 is 9.53 Å². The molecule has 0 bridgehead atoms. The van der Waals surface area contributed by atoms with Crippen LogP contribution in [-0.2, 0) is 9.53 Å². The second kappa shape index (κ2) is 5.99. The lowest BCUT2D eigenvalue weighted by molar-refractivity contribution is -0.222. The lowest BCUT2D eigenvalue weighted by Crippen LogP contribution is -2.81. The predicted octanol–water partition coefficient (Wildman–Crippen LogP) is 2.76. The number of benzene rings is 1. The third-order valence-corrected chi connectivity index (χ3v) is 6.64. The highest BCUT2D eigenvalue weighted by atomic mass is 16.5. The Morgan fingerprint density at radius 1 is 1.28 bits per heavy atom. The standard InChI is InChI=1S/C20H29N3O2/c1-19(2)17-16(9-6-12-25-17)20(19,21)18(24)22-14-7-5-8-15(13-14)23-10-3-4-11-23/h5,7-8,13,16-17H,3-4,6,9-12,21H2,1-2H3,(H,22,24). The number of hydrogen-bond acceptors (Lipinski definition) is 4. The molecule has 0 spiro atoms. The fourth-order valence-electron chi connectivity index (χ4n) is 5.03. The van der Waals surface area contributed by atoms with E-state index in [1.54, 1.807) is 0 Å². The van der Waals surface area contributed by atoms with Gasteiger partial charge in [0, 0.05) is 42.4 Å². The summed E-state index contributed by atoms with van der Waals surface area (Å²) in [6, 6.07) is 8.12. The number of nitrogens with one attached hydrogen (secondary N) is 1. The van der Waals surface area contributed by atoms with E-state index >= 15 is 0 Å². The van der Waals surface area contributed by atoms with E-state index in [1.807, 2.05) is 12.1 Å². The van der Waals surface area contributed by atoms with Gasteiger partial charge in [0.1, 0.15) is 5.54 Å². The summed E-state index contributed by atoms with van der Waals surface area (Å²) in [6.45, 7) is 7.07. The number of carbonyl (C=O) groups is 1. The van der Waals surface area contributed by atoms with Crippen LogP contribution in [0.3, 0.4) is 0 Å². The molecule has 3 unspecified atom stereocenters. The maximum absolute atomic E-state index is 13.1. The van der Waals surface area contributed by atoms with Crippen LogP contribution in [0, 0.1) is 11.3 Å². The van der Waals surface area contributed by atoms with Gasteiger partial charge in [0.15, 0.2) is 0 Å². The van der Waals surface area contributed by atoms with Crippen LogP contribution in [-0.4, -0.2) is 37.2 Å². The summed E-state index contributed by atoms with van der Waals surface area (Å²) in [5.41, 5.74) is 7.46. The fraction of sp³-hybridized carbons (Fsp3) is 0.650. The van der Waals surface area contributed by atoms with Gasteiger partial charge in [-0.25, -0.2) is 0 Å². The molecule has 25 heavy (non-hydrogen) atoms. The SMILES string of the molecule is CC1(C)C2OCCCC2C1(N)C(=O)Nc1cccc(N2CCCC2)c1. The molecule has 4 rings (SSSR count). The molecule has 3 aliphatic rings. The zero-order valence-corrected chi connectivity index (χ0v) is 15.3. The van der Waals surface area contributed by atoms with Gasteiger partial charge in [0.05, 0.1) is 6.10 Å². The number of anilines is 2. The molecule has 0 aromatic heterocycles. The number of hydrogen-bond donors (Lipinski definition) is 2. The summed E-state index contributed by atoms with van der Waals surface area (Å²) in [5, 5.41) is 3.09. The van der Waals surface area contributed by atoms with Crippen LogP contribution in [0.15, 0.2) is 24.3 Å². The Morgan fingerprint density at radius 2 is 2.04 bits per heavy atom. The van der Waals surface area contributed by atoms with Crippen molar-refractivity contribution in [1.82, 2.24) is 0 Å². The van der Waals surface area contributed by atoms with Crippen molar-refractivity contribution in [3.63, 3.8) is 0 Å². The van der Waals surface area contributed by atoms with Crippen LogP contribution in [0.4, 0.5) is 11.4 Å². The maximum atomic E-state index is 13.1. The summed E-state index contributed by atoms with van der Waals surface area (Å²) >= 11 is 0. The van der Waals surface area contributed by atoms with E-state index in [1.165, 1.54) is 18.5 Å². The highest BCUT2D eigenvalue weighted by Crippen LogP contribution is 2.57. The molecular formula is C20H29N3O2. The molecule has 1 amide bonds. The molecule has 1 aliphatic carbocycles. The van der Waals surface area contributed by atoms with Gasteiger partial charge in [-0.3, -0.25) is 4.79 Å². The molecular weight excluding hydrogens is 314 g/mol. The van der Waals surface area contributed by atoms with E-state index in [4.69, 9.17) is 10.5 Å². The topological polar surface area (TPSA) is 67.6 Å². The number of rotatable bonds is 3. The van der Waals surface area contributed by atoms with Crippen molar-refractivity contribution in [2.24, 2.45) is 17.1 Å². The van der Waals surface area contributed by atoms with Crippen LogP contribution in [0.2, 0.25) is 0 Å². The Kier molecular flexibility index (Phi) is 4.04. The minimum absolute atomic E-state index is 0.0807. The Hall–Kier alpha value is -1.59. The van der Waals surface area contributed by atoms with Crippen molar-refractivity contribution in [3.8, 4) is 0 Å². The van der Waals surface area contributed by atoms with Gasteiger partial charge in [-0.15, -0.1) is 0 Å². The first-order chi connectivity index (χ1) is 11.9. The average molecular weight is 343 g/mol. The Morgan fingerprint density at radius 3 is 2.80 bits per heavy atom. The normalized spacial score (nSPS) is 33.5. The molecule has 1 aromatic rings. The Labute approximate surface area is 149 Å². The van der Waals surface area contributed by atoms with Gasteiger partial charge in [-0.2, -0.15) is 0 Å². The highest BCUT2D eigenvalue weighted by molar-refractivity contribution is 6.00. The first kappa shape index (κ1) is 16.9. The van der Waals surface area contributed by atoms with Crippen molar-refractivity contribution in [3.05, 3.63) is 24.3 Å². The highest BCUT2D eigenvalue weighted by Gasteiger charge is 2.70. The number of amides is 1. The monoisotopic (exact) mass is 343 g/mol. The van der Waals surface area contributed by atoms with Crippen molar-refractivity contribution >= 4 is 17.3 Å². The Balaban J connectivity index is 1.52. The van der Waals surface area contributed by atoms with Gasteiger partial charge in [0.2, 0.25) is 5.91 Å². The molecule has 2 heterocycles. The Bertz CT molecular complexity index is 669. The van der Waals surface area contributed by atoms with Crippen LogP contribution < -0.4 is 16.0 Å². The van der Waals surface area contributed by atoms with Crippen molar-refractivity contribution in [2.45, 2.75) is 51.2 Å². The minimum atomic E-state index is -0.873. The summed E-state index contributed by atoms with van der Waals surface area (Å²) in [5.74, 6) is 0.0286. The molecule has 136 valence electrons. The van der Waals surface area contributed by atoms with E-state index in [-0.39, 0.29) is 23.3 Å². The second-order valence-corrected chi connectivity index (χ2v) is 8.33. The number of nitrogens with two attached hydrogens (primary N) is 1. The van der Waals surface area contributed by atoms with E-state index in [2.05, 4.69) is 36.2 Å². The minimum Gasteiger partial charge on any atom is -0.377 e. The molecule has 3 atom stereocenters. The molecule has 5 heteroatoms. The molecule has 1 saturated carbocycles. The first-order valence-corrected chi connectivity index (χ1v) is 9.51. The summed E-state index contributed by atoms with van der Waals surface area (Å²) in [4.78, 5) is 15.5.